The van der Waals surface area contributed by atoms with Gasteiger partial charge in [0.25, 0.3) is 0 Å². The highest BCUT2D eigenvalue weighted by Gasteiger charge is 2.22. The van der Waals surface area contributed by atoms with Gasteiger partial charge in [0.1, 0.15) is 6.73 Å². The maximum atomic E-state index is 11.8. The summed E-state index contributed by atoms with van der Waals surface area (Å²) in [5.74, 6) is 0.337. The van der Waals surface area contributed by atoms with Crippen LogP contribution in [0.4, 0.5) is 0 Å². The maximum Gasteiger partial charge on any atom is 0.509 e. The van der Waals surface area contributed by atoms with Gasteiger partial charge in [-0.2, -0.15) is 0 Å². The first-order chi connectivity index (χ1) is 9.74. The van der Waals surface area contributed by atoms with Crippen LogP contribution < -0.4 is 5.59 Å². The van der Waals surface area contributed by atoms with Gasteiger partial charge in [0.15, 0.2) is 0 Å². The molecule has 0 unspecified atom stereocenters. The lowest BCUT2D eigenvalue weighted by atomic mass is 9.87. The monoisotopic (exact) mass is 318 g/mol. The molecule has 0 saturated carbocycles. The van der Waals surface area contributed by atoms with Crippen LogP contribution in [-0.4, -0.2) is 70.4 Å². The number of esters is 1. The zero-order chi connectivity index (χ0) is 16.0. The molecule has 0 bridgehead atoms. The first-order valence-electron chi connectivity index (χ1n) is 6.58. The zero-order valence-electron chi connectivity index (χ0n) is 12.9. The summed E-state index contributed by atoms with van der Waals surface area (Å²) >= 11 is 0. The Morgan fingerprint density at radius 1 is 1.43 bits per heavy atom. The van der Waals surface area contributed by atoms with Crippen LogP contribution in [0.5, 0.6) is 0 Å². The van der Waals surface area contributed by atoms with Crippen LogP contribution in [0.1, 0.15) is 17.5 Å². The molecule has 2 N–H and O–H groups in total. The molecular formula is C12H23BN2O5S. The van der Waals surface area contributed by atoms with Gasteiger partial charge in [0.2, 0.25) is 5.82 Å². The molecule has 0 aliphatic heterocycles. The molecule has 0 radical (unpaired) electrons. The Morgan fingerprint density at radius 2 is 2.10 bits per heavy atom. The number of aromatic nitrogens is 2. The van der Waals surface area contributed by atoms with Crippen LogP contribution in [0, 0.1) is 0 Å². The molecule has 1 rings (SSSR count). The van der Waals surface area contributed by atoms with Gasteiger partial charge in [-0.25, -0.2) is 19.8 Å². The lowest BCUT2D eigenvalue weighted by molar-refractivity contribution is 0.0466. The van der Waals surface area contributed by atoms with Gasteiger partial charge in [-0.3, -0.25) is 0 Å². The minimum Gasteiger partial charge on any atom is -0.460 e. The standard InChI is InChI=1S/C12H23BN2O5S/c1-5-20-12(16)11-14-10(13(17)18)8-15(11)9-19-6-7-21(2,3)4/h8,17-18H,5-7,9H2,1-4H3. The molecular weight excluding hydrogens is 295 g/mol. The normalized spacial score (nSPS) is 12.3. The topological polar surface area (TPSA) is 93.8 Å². The van der Waals surface area contributed by atoms with E-state index < -0.39 is 23.1 Å². The molecule has 7 nitrogen and oxygen atoms in total. The van der Waals surface area contributed by atoms with Crippen molar-refractivity contribution in [2.24, 2.45) is 0 Å². The highest BCUT2D eigenvalue weighted by molar-refractivity contribution is 8.32. The Hall–Kier alpha value is -1.03. The Bertz CT molecular complexity index is 473. The van der Waals surface area contributed by atoms with Crippen molar-refractivity contribution >= 4 is 28.7 Å². The average Bonchev–Trinajstić information content (AvgIpc) is 2.78. The molecule has 0 aliphatic carbocycles. The average molecular weight is 318 g/mol. The molecule has 21 heavy (non-hydrogen) atoms. The van der Waals surface area contributed by atoms with E-state index >= 15 is 0 Å². The fraction of sp³-hybridized carbons (Fsp3) is 0.667. The molecule has 0 amide bonds. The van der Waals surface area contributed by atoms with Crippen molar-refractivity contribution in [1.29, 1.82) is 0 Å². The van der Waals surface area contributed by atoms with E-state index in [9.17, 15) is 4.79 Å². The molecule has 9 heteroatoms. The van der Waals surface area contributed by atoms with Gasteiger partial charge < -0.3 is 24.1 Å². The van der Waals surface area contributed by atoms with Crippen molar-refractivity contribution in [2.75, 3.05) is 37.7 Å². The third-order valence-corrected chi connectivity index (χ3v) is 3.98. The summed E-state index contributed by atoms with van der Waals surface area (Å²) in [7, 11) is -2.38. The van der Waals surface area contributed by atoms with Crippen molar-refractivity contribution < 1.29 is 24.3 Å². The van der Waals surface area contributed by atoms with Gasteiger partial charge in [0.05, 0.1) is 18.8 Å². The van der Waals surface area contributed by atoms with Gasteiger partial charge in [-0.1, -0.05) is 0 Å². The summed E-state index contributed by atoms with van der Waals surface area (Å²) in [4.78, 5) is 15.6. The molecule has 0 aliphatic rings. The van der Waals surface area contributed by atoms with Gasteiger partial charge >= 0.3 is 13.1 Å². The van der Waals surface area contributed by atoms with Crippen LogP contribution in [0.25, 0.3) is 0 Å². The summed E-state index contributed by atoms with van der Waals surface area (Å²) in [6.07, 6.45) is 7.95. The quantitative estimate of drug-likeness (QED) is 0.378. The van der Waals surface area contributed by atoms with E-state index in [2.05, 4.69) is 23.8 Å². The molecule has 0 atom stereocenters. The van der Waals surface area contributed by atoms with Crippen LogP contribution in [0.15, 0.2) is 6.20 Å². The maximum absolute atomic E-state index is 11.8. The van der Waals surface area contributed by atoms with Crippen LogP contribution in [0.3, 0.4) is 0 Å². The van der Waals surface area contributed by atoms with Crippen LogP contribution in [0.2, 0.25) is 0 Å². The smallest absolute Gasteiger partial charge is 0.460 e. The minimum atomic E-state index is -1.74. The van der Waals surface area contributed by atoms with Gasteiger partial charge in [-0.15, -0.1) is 0 Å². The molecule has 0 saturated heterocycles. The van der Waals surface area contributed by atoms with Crippen molar-refractivity contribution in [3.63, 3.8) is 0 Å². The first-order valence-corrected chi connectivity index (χ1v) is 9.61. The molecule has 0 fully saturated rings. The molecule has 0 spiro atoms. The highest BCUT2D eigenvalue weighted by atomic mass is 32.3. The van der Waals surface area contributed by atoms with E-state index in [0.29, 0.717) is 6.61 Å². The SMILES string of the molecule is CCOC(=O)c1nc(B(O)O)cn1COCCS(C)(C)C. The van der Waals surface area contributed by atoms with E-state index in [0.717, 1.165) is 5.75 Å². The van der Waals surface area contributed by atoms with Crippen molar-refractivity contribution in [2.45, 2.75) is 13.7 Å². The third-order valence-electron chi connectivity index (χ3n) is 2.59. The van der Waals surface area contributed by atoms with Crippen LogP contribution in [-0.2, 0) is 16.2 Å². The summed E-state index contributed by atoms with van der Waals surface area (Å²) < 4.78 is 11.8. The molecule has 120 valence electrons. The number of hydrogen-bond donors (Lipinski definition) is 2. The Balaban J connectivity index is 2.72. The van der Waals surface area contributed by atoms with E-state index in [1.54, 1.807) is 6.92 Å². The van der Waals surface area contributed by atoms with E-state index in [1.807, 2.05) is 0 Å². The second kappa shape index (κ2) is 7.83. The largest absolute Gasteiger partial charge is 0.509 e. The summed E-state index contributed by atoms with van der Waals surface area (Å²) in [6.45, 7) is 2.59. The number of hydrogen-bond acceptors (Lipinski definition) is 6. The number of ether oxygens (including phenoxy) is 2. The molecule has 1 heterocycles. The predicted molar refractivity (Wildman–Crippen MR) is 84.2 cm³/mol. The Kier molecular flexibility index (Phi) is 6.72. The molecule has 1 aromatic heterocycles. The van der Waals surface area contributed by atoms with E-state index in [4.69, 9.17) is 19.5 Å². The molecule has 0 aromatic carbocycles. The summed E-state index contributed by atoms with van der Waals surface area (Å²) in [5.41, 5.74) is -0.0110. The van der Waals surface area contributed by atoms with Crippen molar-refractivity contribution in [3.8, 4) is 0 Å². The number of imidazole rings is 1. The van der Waals surface area contributed by atoms with Gasteiger partial charge in [-0.05, 0) is 25.7 Å². The zero-order valence-corrected chi connectivity index (χ0v) is 13.7. The highest BCUT2D eigenvalue weighted by Crippen LogP contribution is 2.33. The second-order valence-electron chi connectivity index (χ2n) is 5.39. The van der Waals surface area contributed by atoms with Crippen LogP contribution >= 0.6 is 10.0 Å². The van der Waals surface area contributed by atoms with Crippen molar-refractivity contribution in [3.05, 3.63) is 12.0 Å². The second-order valence-corrected chi connectivity index (χ2v) is 9.98. The lowest BCUT2D eigenvalue weighted by Crippen LogP contribution is -2.31. The minimum absolute atomic E-state index is 0.00283. The summed E-state index contributed by atoms with van der Waals surface area (Å²) in [5, 5.41) is 18.3. The number of carbonyl (C=O) groups excluding carboxylic acids is 1. The Labute approximate surface area is 126 Å². The fourth-order valence-electron chi connectivity index (χ4n) is 1.49. The van der Waals surface area contributed by atoms with Gasteiger partial charge in [0, 0.05) is 11.9 Å². The number of rotatable bonds is 8. The summed E-state index contributed by atoms with van der Waals surface area (Å²) in [6, 6.07) is 0. The predicted octanol–water partition coefficient (Wildman–Crippen LogP) is -0.592. The van der Waals surface area contributed by atoms with E-state index in [-0.39, 0.29) is 24.8 Å². The number of carbonyl (C=O) groups is 1. The lowest BCUT2D eigenvalue weighted by Gasteiger charge is -2.24. The Morgan fingerprint density at radius 3 is 2.62 bits per heavy atom. The molecule has 1 aromatic rings. The fourth-order valence-corrected chi connectivity index (χ4v) is 2.11. The van der Waals surface area contributed by atoms with E-state index in [1.165, 1.54) is 10.8 Å². The first kappa shape index (κ1) is 18.0. The number of nitrogens with zero attached hydrogens (tertiary/aromatic N) is 2. The van der Waals surface area contributed by atoms with Crippen molar-refractivity contribution in [1.82, 2.24) is 9.55 Å². The third kappa shape index (κ3) is 6.09.